The molecule has 1 unspecified atom stereocenters. The minimum atomic E-state index is 0.387. The van der Waals surface area contributed by atoms with E-state index in [1.54, 1.807) is 0 Å². The molecule has 0 aromatic heterocycles. The zero-order chi connectivity index (χ0) is 14.5. The molecule has 1 N–H and O–H groups in total. The molecular formula is C16H33N3O. The average Bonchev–Trinajstić information content (AvgIpc) is 2.47. The van der Waals surface area contributed by atoms with Crippen LogP contribution in [0, 0.1) is 0 Å². The molecular weight excluding hydrogens is 250 g/mol. The second-order valence-corrected chi connectivity index (χ2v) is 6.82. The fourth-order valence-electron chi connectivity index (χ4n) is 3.60. The predicted molar refractivity (Wildman–Crippen MR) is 84.2 cm³/mol. The van der Waals surface area contributed by atoms with E-state index in [-0.39, 0.29) is 0 Å². The molecule has 1 atom stereocenters. The summed E-state index contributed by atoms with van der Waals surface area (Å²) in [6, 6.07) is 2.12. The molecule has 0 amide bonds. The van der Waals surface area contributed by atoms with Gasteiger partial charge in [0.2, 0.25) is 0 Å². The number of hydrogen-bond acceptors (Lipinski definition) is 4. The van der Waals surface area contributed by atoms with Gasteiger partial charge in [-0.1, -0.05) is 0 Å². The second-order valence-electron chi connectivity index (χ2n) is 6.82. The molecule has 2 rings (SSSR count). The standard InChI is InChI=1S/C16H33N3O/c1-13(2)19-9-10-20-16(12-19)11-18(4)15-7-5-14(17-3)6-8-15/h13-17H,5-12H2,1-4H3. The van der Waals surface area contributed by atoms with Crippen molar-refractivity contribution >= 4 is 0 Å². The molecule has 20 heavy (non-hydrogen) atoms. The Hall–Kier alpha value is -0.160. The number of nitrogens with one attached hydrogen (secondary N) is 1. The molecule has 1 saturated heterocycles. The van der Waals surface area contributed by atoms with Gasteiger partial charge in [-0.3, -0.25) is 4.90 Å². The van der Waals surface area contributed by atoms with Gasteiger partial charge in [0.1, 0.15) is 0 Å². The predicted octanol–water partition coefficient (Wildman–Crippen LogP) is 1.56. The molecule has 118 valence electrons. The fourth-order valence-corrected chi connectivity index (χ4v) is 3.60. The molecule has 1 saturated carbocycles. The van der Waals surface area contributed by atoms with Gasteiger partial charge in [0.25, 0.3) is 0 Å². The van der Waals surface area contributed by atoms with Crippen molar-refractivity contribution in [3.05, 3.63) is 0 Å². The van der Waals surface area contributed by atoms with Crippen molar-refractivity contribution in [3.8, 4) is 0 Å². The van der Waals surface area contributed by atoms with Crippen molar-refractivity contribution in [1.82, 2.24) is 15.1 Å². The van der Waals surface area contributed by atoms with E-state index in [1.165, 1.54) is 25.7 Å². The number of hydrogen-bond donors (Lipinski definition) is 1. The van der Waals surface area contributed by atoms with Crippen LogP contribution in [0.15, 0.2) is 0 Å². The molecule has 0 bridgehead atoms. The van der Waals surface area contributed by atoms with Crippen molar-refractivity contribution in [2.24, 2.45) is 0 Å². The van der Waals surface area contributed by atoms with E-state index in [0.717, 1.165) is 38.3 Å². The topological polar surface area (TPSA) is 27.7 Å². The third-order valence-electron chi connectivity index (χ3n) is 5.12. The summed E-state index contributed by atoms with van der Waals surface area (Å²) >= 11 is 0. The van der Waals surface area contributed by atoms with Crippen LogP contribution in [0.25, 0.3) is 0 Å². The van der Waals surface area contributed by atoms with E-state index in [9.17, 15) is 0 Å². The summed E-state index contributed by atoms with van der Waals surface area (Å²) in [5.41, 5.74) is 0. The summed E-state index contributed by atoms with van der Waals surface area (Å²) in [6.07, 6.45) is 5.66. The highest BCUT2D eigenvalue weighted by molar-refractivity contribution is 4.83. The zero-order valence-corrected chi connectivity index (χ0v) is 13.8. The van der Waals surface area contributed by atoms with Gasteiger partial charge >= 0.3 is 0 Å². The molecule has 0 aromatic rings. The maximum Gasteiger partial charge on any atom is 0.0829 e. The van der Waals surface area contributed by atoms with Gasteiger partial charge in [-0.25, -0.2) is 0 Å². The van der Waals surface area contributed by atoms with Gasteiger partial charge < -0.3 is 15.0 Å². The molecule has 1 aliphatic heterocycles. The largest absolute Gasteiger partial charge is 0.374 e. The third-order valence-corrected chi connectivity index (χ3v) is 5.12. The molecule has 2 aliphatic rings. The SMILES string of the molecule is CNC1CCC(N(C)CC2CN(C(C)C)CCO2)CC1. The molecule has 1 aliphatic carbocycles. The Kier molecular flexibility index (Phi) is 6.27. The Labute approximate surface area is 124 Å². The highest BCUT2D eigenvalue weighted by atomic mass is 16.5. The fraction of sp³-hybridized carbons (Fsp3) is 1.00. The summed E-state index contributed by atoms with van der Waals surface area (Å²) in [5.74, 6) is 0. The van der Waals surface area contributed by atoms with Gasteiger partial charge in [-0.15, -0.1) is 0 Å². The third kappa shape index (κ3) is 4.42. The Morgan fingerprint density at radius 3 is 2.55 bits per heavy atom. The lowest BCUT2D eigenvalue weighted by Gasteiger charge is -2.40. The van der Waals surface area contributed by atoms with Crippen LogP contribution in [0.3, 0.4) is 0 Å². The quantitative estimate of drug-likeness (QED) is 0.829. The first-order valence-corrected chi connectivity index (χ1v) is 8.33. The number of morpholine rings is 1. The Balaban J connectivity index is 1.75. The summed E-state index contributed by atoms with van der Waals surface area (Å²) in [7, 11) is 4.37. The Morgan fingerprint density at radius 1 is 1.25 bits per heavy atom. The minimum Gasteiger partial charge on any atom is -0.374 e. The first kappa shape index (κ1) is 16.2. The zero-order valence-electron chi connectivity index (χ0n) is 13.8. The van der Waals surface area contributed by atoms with Gasteiger partial charge in [0.15, 0.2) is 0 Å². The normalized spacial score (nSPS) is 33.0. The Morgan fingerprint density at radius 2 is 1.95 bits per heavy atom. The van der Waals surface area contributed by atoms with E-state index in [0.29, 0.717) is 12.1 Å². The number of ether oxygens (including phenoxy) is 1. The Bertz CT molecular complexity index is 277. The van der Waals surface area contributed by atoms with Gasteiger partial charge in [-0.05, 0) is 53.6 Å². The summed E-state index contributed by atoms with van der Waals surface area (Å²) in [5, 5.41) is 3.41. The van der Waals surface area contributed by atoms with Crippen molar-refractivity contribution in [1.29, 1.82) is 0 Å². The first-order valence-electron chi connectivity index (χ1n) is 8.33. The smallest absolute Gasteiger partial charge is 0.0829 e. The van der Waals surface area contributed by atoms with Crippen LogP contribution in [-0.4, -0.2) is 74.4 Å². The molecule has 1 heterocycles. The second kappa shape index (κ2) is 7.74. The van der Waals surface area contributed by atoms with Crippen LogP contribution in [0.2, 0.25) is 0 Å². The van der Waals surface area contributed by atoms with Crippen molar-refractivity contribution in [2.75, 3.05) is 40.3 Å². The van der Waals surface area contributed by atoms with E-state index < -0.39 is 0 Å². The monoisotopic (exact) mass is 283 g/mol. The molecule has 0 aromatic carbocycles. The lowest BCUT2D eigenvalue weighted by atomic mass is 9.90. The van der Waals surface area contributed by atoms with Crippen LogP contribution < -0.4 is 5.32 Å². The van der Waals surface area contributed by atoms with E-state index in [2.05, 4.69) is 43.1 Å². The van der Waals surface area contributed by atoms with Gasteiger partial charge in [0, 0.05) is 37.8 Å². The lowest BCUT2D eigenvalue weighted by Crippen LogP contribution is -2.51. The highest BCUT2D eigenvalue weighted by Gasteiger charge is 2.27. The van der Waals surface area contributed by atoms with E-state index >= 15 is 0 Å². The van der Waals surface area contributed by atoms with Crippen LogP contribution in [0.5, 0.6) is 0 Å². The number of nitrogens with zero attached hydrogens (tertiary/aromatic N) is 2. The minimum absolute atomic E-state index is 0.387. The van der Waals surface area contributed by atoms with Crippen LogP contribution in [-0.2, 0) is 4.74 Å². The molecule has 2 fully saturated rings. The summed E-state index contributed by atoms with van der Waals surface area (Å²) in [4.78, 5) is 5.08. The maximum atomic E-state index is 5.97. The van der Waals surface area contributed by atoms with E-state index in [1.807, 2.05) is 0 Å². The lowest BCUT2D eigenvalue weighted by molar-refractivity contribution is -0.0552. The first-order chi connectivity index (χ1) is 9.60. The average molecular weight is 283 g/mol. The van der Waals surface area contributed by atoms with Crippen LogP contribution >= 0.6 is 0 Å². The molecule has 0 radical (unpaired) electrons. The summed E-state index contributed by atoms with van der Waals surface area (Å²) < 4.78 is 5.97. The van der Waals surface area contributed by atoms with Crippen molar-refractivity contribution < 1.29 is 4.74 Å². The van der Waals surface area contributed by atoms with Crippen LogP contribution in [0.4, 0.5) is 0 Å². The van der Waals surface area contributed by atoms with Crippen molar-refractivity contribution in [2.45, 2.75) is 63.8 Å². The van der Waals surface area contributed by atoms with Crippen molar-refractivity contribution in [3.63, 3.8) is 0 Å². The molecule has 4 heteroatoms. The highest BCUT2D eigenvalue weighted by Crippen LogP contribution is 2.23. The van der Waals surface area contributed by atoms with Gasteiger partial charge in [0.05, 0.1) is 12.7 Å². The van der Waals surface area contributed by atoms with Crippen LogP contribution in [0.1, 0.15) is 39.5 Å². The maximum absolute atomic E-state index is 5.97. The molecule has 0 spiro atoms. The van der Waals surface area contributed by atoms with Gasteiger partial charge in [-0.2, -0.15) is 0 Å². The summed E-state index contributed by atoms with van der Waals surface area (Å²) in [6.45, 7) is 8.72. The number of likely N-dealkylation sites (N-methyl/N-ethyl adjacent to an activating group) is 1. The number of rotatable bonds is 5. The molecule has 4 nitrogen and oxygen atoms in total. The van der Waals surface area contributed by atoms with E-state index in [4.69, 9.17) is 4.74 Å².